The Morgan fingerprint density at radius 2 is 2.00 bits per heavy atom. The summed E-state index contributed by atoms with van der Waals surface area (Å²) >= 11 is 0. The van der Waals surface area contributed by atoms with Crippen LogP contribution in [-0.4, -0.2) is 24.1 Å². The van der Waals surface area contributed by atoms with Gasteiger partial charge in [-0.25, -0.2) is 9.97 Å². The van der Waals surface area contributed by atoms with Gasteiger partial charge >= 0.3 is 0 Å². The van der Waals surface area contributed by atoms with Gasteiger partial charge in [0.15, 0.2) is 0 Å². The maximum atomic E-state index is 9.25. The fourth-order valence-electron chi connectivity index (χ4n) is 2.09. The molecule has 0 aromatic carbocycles. The van der Waals surface area contributed by atoms with Gasteiger partial charge in [-0.15, -0.1) is 0 Å². The van der Waals surface area contributed by atoms with Gasteiger partial charge in [0.2, 0.25) is 0 Å². The van der Waals surface area contributed by atoms with E-state index in [0.717, 1.165) is 22.8 Å². The molecule has 2 aromatic rings. The van der Waals surface area contributed by atoms with Crippen molar-refractivity contribution in [1.82, 2.24) is 9.97 Å². The zero-order valence-electron chi connectivity index (χ0n) is 12.8. The van der Waals surface area contributed by atoms with Crippen LogP contribution in [0.3, 0.4) is 0 Å². The van der Waals surface area contributed by atoms with Crippen LogP contribution in [0.2, 0.25) is 0 Å². The minimum atomic E-state index is 0.534. The number of nitrogens with zero attached hydrogens (tertiary/aromatic N) is 4. The van der Waals surface area contributed by atoms with E-state index in [1.807, 2.05) is 57.1 Å². The highest BCUT2D eigenvalue weighted by atomic mass is 15.1. The average Bonchev–Trinajstić information content (AvgIpc) is 2.45. The van der Waals surface area contributed by atoms with E-state index in [1.165, 1.54) is 0 Å². The van der Waals surface area contributed by atoms with Crippen molar-refractivity contribution < 1.29 is 0 Å². The van der Waals surface area contributed by atoms with E-state index in [9.17, 15) is 5.26 Å². The first kappa shape index (κ1) is 14.8. The Morgan fingerprint density at radius 3 is 2.67 bits per heavy atom. The van der Waals surface area contributed by atoms with Crippen molar-refractivity contribution in [2.75, 3.05) is 24.3 Å². The molecule has 5 nitrogen and oxygen atoms in total. The first-order valence-corrected chi connectivity index (χ1v) is 6.76. The largest absolute Gasteiger partial charge is 0.363 e. The van der Waals surface area contributed by atoms with Crippen LogP contribution in [0, 0.1) is 25.2 Å². The maximum Gasteiger partial charge on any atom is 0.144 e. The molecule has 0 aliphatic carbocycles. The van der Waals surface area contributed by atoms with Crippen LogP contribution < -0.4 is 10.2 Å². The van der Waals surface area contributed by atoms with Gasteiger partial charge in [-0.3, -0.25) is 0 Å². The third kappa shape index (κ3) is 3.48. The highest BCUT2D eigenvalue weighted by molar-refractivity contribution is 5.56. The topological polar surface area (TPSA) is 64.8 Å². The number of hydrogen-bond acceptors (Lipinski definition) is 5. The quantitative estimate of drug-likeness (QED) is 0.933. The second-order valence-electron chi connectivity index (χ2n) is 5.15. The molecule has 0 amide bonds. The number of hydrogen-bond donors (Lipinski definition) is 1. The lowest BCUT2D eigenvalue weighted by Crippen LogP contribution is -2.12. The van der Waals surface area contributed by atoms with Gasteiger partial charge < -0.3 is 10.2 Å². The van der Waals surface area contributed by atoms with Crippen molar-refractivity contribution in [3.8, 4) is 6.07 Å². The molecule has 0 aliphatic rings. The summed E-state index contributed by atoms with van der Waals surface area (Å²) in [4.78, 5) is 10.9. The van der Waals surface area contributed by atoms with Gasteiger partial charge in [0.25, 0.3) is 0 Å². The van der Waals surface area contributed by atoms with Crippen LogP contribution in [0.5, 0.6) is 0 Å². The number of pyridine rings is 2. The third-order valence-electron chi connectivity index (χ3n) is 3.14. The summed E-state index contributed by atoms with van der Waals surface area (Å²) in [7, 11) is 3.91. The number of aromatic nitrogens is 2. The van der Waals surface area contributed by atoms with E-state index in [0.29, 0.717) is 17.9 Å². The molecule has 0 spiro atoms. The SMILES string of the molecule is Cc1cc(C)c(C#N)c(NCc2cccc(N(C)C)n2)n1. The fourth-order valence-corrected chi connectivity index (χ4v) is 2.09. The molecule has 0 atom stereocenters. The molecule has 2 heterocycles. The first-order valence-electron chi connectivity index (χ1n) is 6.76. The molecule has 0 radical (unpaired) electrons. The molecule has 0 saturated carbocycles. The zero-order valence-corrected chi connectivity index (χ0v) is 12.8. The van der Waals surface area contributed by atoms with Crippen molar-refractivity contribution in [3.63, 3.8) is 0 Å². The van der Waals surface area contributed by atoms with Crippen molar-refractivity contribution in [2.45, 2.75) is 20.4 Å². The van der Waals surface area contributed by atoms with Crippen molar-refractivity contribution in [2.24, 2.45) is 0 Å². The van der Waals surface area contributed by atoms with Crippen molar-refractivity contribution in [1.29, 1.82) is 5.26 Å². The summed E-state index contributed by atoms with van der Waals surface area (Å²) < 4.78 is 0. The highest BCUT2D eigenvalue weighted by Crippen LogP contribution is 2.18. The van der Waals surface area contributed by atoms with E-state index in [2.05, 4.69) is 21.4 Å². The van der Waals surface area contributed by atoms with E-state index >= 15 is 0 Å². The van der Waals surface area contributed by atoms with Crippen LogP contribution in [0.1, 0.15) is 22.5 Å². The second kappa shape index (κ2) is 6.23. The van der Waals surface area contributed by atoms with Crippen LogP contribution in [0.15, 0.2) is 24.3 Å². The molecule has 0 aliphatic heterocycles. The lowest BCUT2D eigenvalue weighted by atomic mass is 10.1. The molecule has 108 valence electrons. The summed E-state index contributed by atoms with van der Waals surface area (Å²) in [6.45, 7) is 4.37. The van der Waals surface area contributed by atoms with E-state index in [1.54, 1.807) is 0 Å². The Labute approximate surface area is 125 Å². The number of aryl methyl sites for hydroxylation is 2. The summed E-state index contributed by atoms with van der Waals surface area (Å²) in [5.74, 6) is 1.52. The summed E-state index contributed by atoms with van der Waals surface area (Å²) in [6, 6.07) is 10.00. The summed E-state index contributed by atoms with van der Waals surface area (Å²) in [5.41, 5.74) is 3.32. The molecule has 0 unspecified atom stereocenters. The maximum absolute atomic E-state index is 9.25. The van der Waals surface area contributed by atoms with E-state index in [4.69, 9.17) is 0 Å². The highest BCUT2D eigenvalue weighted by Gasteiger charge is 2.08. The molecule has 0 bridgehead atoms. The Balaban J connectivity index is 2.21. The standard InChI is InChI=1S/C16H19N5/c1-11-8-12(2)19-16(14(11)9-17)18-10-13-6-5-7-15(20-13)21(3)4/h5-8H,10H2,1-4H3,(H,18,19). The lowest BCUT2D eigenvalue weighted by Gasteiger charge is -2.13. The first-order chi connectivity index (χ1) is 10.0. The minimum Gasteiger partial charge on any atom is -0.363 e. The molecular formula is C16H19N5. The molecular weight excluding hydrogens is 262 g/mol. The van der Waals surface area contributed by atoms with Gasteiger partial charge in [0.1, 0.15) is 17.7 Å². The van der Waals surface area contributed by atoms with E-state index < -0.39 is 0 Å². The molecule has 21 heavy (non-hydrogen) atoms. The Bertz CT molecular complexity index is 686. The molecule has 5 heteroatoms. The normalized spacial score (nSPS) is 10.0. The van der Waals surface area contributed by atoms with Crippen molar-refractivity contribution >= 4 is 11.6 Å². The number of nitriles is 1. The second-order valence-corrected chi connectivity index (χ2v) is 5.15. The lowest BCUT2D eigenvalue weighted by molar-refractivity contribution is 0.982. The molecule has 0 saturated heterocycles. The number of anilines is 2. The van der Waals surface area contributed by atoms with Crippen LogP contribution in [0.25, 0.3) is 0 Å². The van der Waals surface area contributed by atoms with Gasteiger partial charge in [0, 0.05) is 19.8 Å². The predicted octanol–water partition coefficient (Wildman–Crippen LogP) is 2.64. The Hall–Kier alpha value is -2.61. The van der Waals surface area contributed by atoms with Crippen LogP contribution >= 0.6 is 0 Å². The Kier molecular flexibility index (Phi) is 4.39. The molecule has 0 fully saturated rings. The monoisotopic (exact) mass is 281 g/mol. The summed E-state index contributed by atoms with van der Waals surface area (Å²) in [6.07, 6.45) is 0. The van der Waals surface area contributed by atoms with Gasteiger partial charge in [-0.1, -0.05) is 6.07 Å². The summed E-state index contributed by atoms with van der Waals surface area (Å²) in [5, 5.41) is 12.5. The van der Waals surface area contributed by atoms with Crippen LogP contribution in [-0.2, 0) is 6.54 Å². The van der Waals surface area contributed by atoms with Gasteiger partial charge in [0.05, 0.1) is 17.8 Å². The van der Waals surface area contributed by atoms with Gasteiger partial charge in [-0.05, 0) is 37.6 Å². The van der Waals surface area contributed by atoms with Crippen molar-refractivity contribution in [3.05, 3.63) is 46.8 Å². The minimum absolute atomic E-state index is 0.534. The predicted molar refractivity (Wildman–Crippen MR) is 84.3 cm³/mol. The number of rotatable bonds is 4. The third-order valence-corrected chi connectivity index (χ3v) is 3.14. The van der Waals surface area contributed by atoms with E-state index in [-0.39, 0.29) is 0 Å². The average molecular weight is 281 g/mol. The smallest absolute Gasteiger partial charge is 0.144 e. The molecule has 2 rings (SSSR count). The van der Waals surface area contributed by atoms with Gasteiger partial charge in [-0.2, -0.15) is 5.26 Å². The molecule has 1 N–H and O–H groups in total. The molecule has 2 aromatic heterocycles. The fraction of sp³-hybridized carbons (Fsp3) is 0.312. The Morgan fingerprint density at radius 1 is 1.24 bits per heavy atom. The number of nitrogens with one attached hydrogen (secondary N) is 1. The zero-order chi connectivity index (χ0) is 15.4. The van der Waals surface area contributed by atoms with Crippen LogP contribution in [0.4, 0.5) is 11.6 Å².